The van der Waals surface area contributed by atoms with Crippen LogP contribution in [0.2, 0.25) is 5.02 Å². The number of rotatable bonds is 11. The summed E-state index contributed by atoms with van der Waals surface area (Å²) in [5.74, 6) is 0.378. The number of hydrogen-bond donors (Lipinski definition) is 2. The number of aromatic nitrogens is 3. The minimum Gasteiger partial charge on any atom is -0.495 e. The minimum absolute atomic E-state index is 0.0405. The molecule has 0 aliphatic carbocycles. The van der Waals surface area contributed by atoms with E-state index in [4.69, 9.17) is 30.8 Å². The summed E-state index contributed by atoms with van der Waals surface area (Å²) in [6.07, 6.45) is 5.25. The van der Waals surface area contributed by atoms with Gasteiger partial charge in [-0.25, -0.2) is 14.8 Å². The smallest absolute Gasteiger partial charge is 0.410 e. The molecule has 4 aromatic rings. The van der Waals surface area contributed by atoms with E-state index in [1.54, 1.807) is 62.2 Å². The highest BCUT2D eigenvalue weighted by molar-refractivity contribution is 6.35. The molecule has 1 atom stereocenters. The summed E-state index contributed by atoms with van der Waals surface area (Å²) < 4.78 is 16.7. The van der Waals surface area contributed by atoms with Crippen LogP contribution in [0.1, 0.15) is 60.8 Å². The quantitative estimate of drug-likeness (QED) is 0.166. The van der Waals surface area contributed by atoms with E-state index in [0.29, 0.717) is 68.8 Å². The first-order valence-electron chi connectivity index (χ1n) is 16.4. The van der Waals surface area contributed by atoms with Crippen molar-refractivity contribution in [1.29, 1.82) is 0 Å². The summed E-state index contributed by atoms with van der Waals surface area (Å²) in [6.45, 7) is 11.5. The molecule has 1 saturated heterocycles. The summed E-state index contributed by atoms with van der Waals surface area (Å²) >= 11 is 7.03. The number of nitrogens with zero attached hydrogens (tertiary/aromatic N) is 4. The Bertz CT molecular complexity index is 1980. The number of methoxy groups -OCH3 is 2. The summed E-state index contributed by atoms with van der Waals surface area (Å²) in [6, 6.07) is 12.3. The van der Waals surface area contributed by atoms with Gasteiger partial charge in [0.15, 0.2) is 0 Å². The standard InChI is InChI=1S/C38H41ClN6O6/c1-8-23-18-30(41-19-31(23)49-6)35(47)43-28-11-9-10-26(22(28)2)34-33(39)27(16-17-40-34)29-14-12-24(36(44-29)50-7)20-45(37(48)51-38(3,4)5)21-25-13-15-32(46)42-25/h8-12,14,16-19,25H,1,13,15,20-21H2,2-7H3,(H,42,46)(H,43,47)/t25-/m0/s1. The second-order valence-electron chi connectivity index (χ2n) is 13.0. The van der Waals surface area contributed by atoms with Crippen molar-refractivity contribution in [1.82, 2.24) is 25.2 Å². The van der Waals surface area contributed by atoms with Crippen LogP contribution in [-0.4, -0.2) is 70.2 Å². The molecule has 13 heteroatoms. The van der Waals surface area contributed by atoms with E-state index in [2.05, 4.69) is 27.2 Å². The van der Waals surface area contributed by atoms with E-state index in [0.717, 1.165) is 5.56 Å². The topological polar surface area (TPSA) is 145 Å². The Morgan fingerprint density at radius 1 is 1.12 bits per heavy atom. The third-order valence-corrected chi connectivity index (χ3v) is 8.63. The highest BCUT2D eigenvalue weighted by Crippen LogP contribution is 2.38. The Labute approximate surface area is 302 Å². The molecule has 51 heavy (non-hydrogen) atoms. The van der Waals surface area contributed by atoms with Gasteiger partial charge >= 0.3 is 6.09 Å². The third-order valence-electron chi connectivity index (χ3n) is 8.24. The lowest BCUT2D eigenvalue weighted by Crippen LogP contribution is -2.43. The van der Waals surface area contributed by atoms with Crippen molar-refractivity contribution >= 4 is 41.3 Å². The number of nitrogens with one attached hydrogen (secondary N) is 2. The molecule has 3 aromatic heterocycles. The van der Waals surface area contributed by atoms with Gasteiger partial charge in [0, 0.05) is 53.1 Å². The lowest BCUT2D eigenvalue weighted by atomic mass is 10.0. The van der Waals surface area contributed by atoms with E-state index < -0.39 is 17.6 Å². The number of carbonyl (C=O) groups excluding carboxylic acids is 3. The number of ether oxygens (including phenoxy) is 3. The molecule has 0 bridgehead atoms. The van der Waals surface area contributed by atoms with Gasteiger partial charge in [-0.15, -0.1) is 0 Å². The number of amides is 3. The molecule has 1 fully saturated rings. The van der Waals surface area contributed by atoms with Crippen LogP contribution in [0.25, 0.3) is 28.6 Å². The van der Waals surface area contributed by atoms with Crippen molar-refractivity contribution in [3.05, 3.63) is 88.8 Å². The van der Waals surface area contributed by atoms with Gasteiger partial charge in [-0.05, 0) is 70.0 Å². The first kappa shape index (κ1) is 36.8. The van der Waals surface area contributed by atoms with Gasteiger partial charge in [-0.2, -0.15) is 0 Å². The second-order valence-corrected chi connectivity index (χ2v) is 13.4. The molecule has 1 aliphatic heterocycles. The number of benzene rings is 1. The summed E-state index contributed by atoms with van der Waals surface area (Å²) in [4.78, 5) is 53.4. The molecule has 4 heterocycles. The fourth-order valence-corrected chi connectivity index (χ4v) is 6.00. The van der Waals surface area contributed by atoms with Gasteiger partial charge in [0.2, 0.25) is 11.8 Å². The van der Waals surface area contributed by atoms with Crippen LogP contribution in [0, 0.1) is 6.92 Å². The Kier molecular flexibility index (Phi) is 11.2. The molecule has 0 saturated carbocycles. The summed E-state index contributed by atoms with van der Waals surface area (Å²) in [5.41, 5.74) is 4.45. The van der Waals surface area contributed by atoms with E-state index in [1.807, 2.05) is 25.1 Å². The second kappa shape index (κ2) is 15.6. The van der Waals surface area contributed by atoms with Crippen molar-refractivity contribution in [3.8, 4) is 34.1 Å². The third kappa shape index (κ3) is 8.64. The van der Waals surface area contributed by atoms with Crippen LogP contribution < -0.4 is 20.1 Å². The van der Waals surface area contributed by atoms with E-state index in [-0.39, 0.29) is 30.7 Å². The average molecular weight is 713 g/mol. The molecule has 0 radical (unpaired) electrons. The maximum Gasteiger partial charge on any atom is 0.410 e. The number of carbonyl (C=O) groups is 3. The van der Waals surface area contributed by atoms with Crippen molar-refractivity contribution in [2.45, 2.75) is 58.7 Å². The predicted octanol–water partition coefficient (Wildman–Crippen LogP) is 7.10. The Hall–Kier alpha value is -5.49. The van der Waals surface area contributed by atoms with Gasteiger partial charge in [0.25, 0.3) is 5.91 Å². The molecular formula is C38H41ClN6O6. The van der Waals surface area contributed by atoms with Crippen LogP contribution in [0.5, 0.6) is 11.6 Å². The largest absolute Gasteiger partial charge is 0.495 e. The molecule has 266 valence electrons. The van der Waals surface area contributed by atoms with E-state index in [1.165, 1.54) is 20.4 Å². The number of pyridine rings is 3. The van der Waals surface area contributed by atoms with Gasteiger partial charge in [-0.1, -0.05) is 36.4 Å². The fraction of sp³-hybridized carbons (Fsp3) is 0.316. The SMILES string of the molecule is C=Cc1cc(C(=O)Nc2cccc(-c3nccc(-c4ccc(CN(C[C@@H]5CCC(=O)N5)C(=O)OC(C)(C)C)c(OC)n4)c3Cl)c2C)ncc1OC. The van der Waals surface area contributed by atoms with Crippen LogP contribution in [0.4, 0.5) is 10.5 Å². The van der Waals surface area contributed by atoms with E-state index in [9.17, 15) is 14.4 Å². The van der Waals surface area contributed by atoms with Crippen LogP contribution >= 0.6 is 11.6 Å². The molecule has 5 rings (SSSR count). The minimum atomic E-state index is -0.705. The van der Waals surface area contributed by atoms with E-state index >= 15 is 0 Å². The Morgan fingerprint density at radius 3 is 2.57 bits per heavy atom. The van der Waals surface area contributed by atoms with Gasteiger partial charge < -0.3 is 29.7 Å². The fourth-order valence-electron chi connectivity index (χ4n) is 5.69. The molecule has 0 spiro atoms. The zero-order valence-electron chi connectivity index (χ0n) is 29.5. The van der Waals surface area contributed by atoms with Gasteiger partial charge in [0.1, 0.15) is 17.0 Å². The molecule has 2 N–H and O–H groups in total. The molecule has 0 unspecified atom stereocenters. The summed E-state index contributed by atoms with van der Waals surface area (Å²) in [7, 11) is 3.03. The number of anilines is 1. The highest BCUT2D eigenvalue weighted by atomic mass is 35.5. The van der Waals surface area contributed by atoms with Crippen LogP contribution in [0.3, 0.4) is 0 Å². The zero-order valence-corrected chi connectivity index (χ0v) is 30.3. The monoisotopic (exact) mass is 712 g/mol. The van der Waals surface area contributed by atoms with Crippen molar-refractivity contribution in [2.75, 3.05) is 26.1 Å². The molecule has 1 aromatic carbocycles. The predicted molar refractivity (Wildman–Crippen MR) is 196 cm³/mol. The summed E-state index contributed by atoms with van der Waals surface area (Å²) in [5, 5.41) is 6.21. The Morgan fingerprint density at radius 2 is 1.90 bits per heavy atom. The van der Waals surface area contributed by atoms with Crippen LogP contribution in [-0.2, 0) is 16.1 Å². The lowest BCUT2D eigenvalue weighted by molar-refractivity contribution is -0.119. The van der Waals surface area contributed by atoms with Crippen LogP contribution in [0.15, 0.2) is 61.4 Å². The van der Waals surface area contributed by atoms with Crippen molar-refractivity contribution < 1.29 is 28.6 Å². The first-order chi connectivity index (χ1) is 24.3. The normalized spacial score (nSPS) is 14.0. The zero-order chi connectivity index (χ0) is 36.9. The molecule has 3 amide bonds. The van der Waals surface area contributed by atoms with Gasteiger partial charge in [-0.3, -0.25) is 14.6 Å². The van der Waals surface area contributed by atoms with Crippen molar-refractivity contribution in [2.24, 2.45) is 0 Å². The molecule has 1 aliphatic rings. The lowest BCUT2D eigenvalue weighted by Gasteiger charge is -2.29. The van der Waals surface area contributed by atoms with Gasteiger partial charge in [0.05, 0.1) is 43.4 Å². The Balaban J connectivity index is 1.41. The number of hydrogen-bond acceptors (Lipinski definition) is 9. The highest BCUT2D eigenvalue weighted by Gasteiger charge is 2.29. The maximum atomic E-state index is 13.2. The molecule has 12 nitrogen and oxygen atoms in total. The number of halogens is 1. The first-order valence-corrected chi connectivity index (χ1v) is 16.7. The average Bonchev–Trinajstić information content (AvgIpc) is 3.52. The molecular weight excluding hydrogens is 672 g/mol. The van der Waals surface area contributed by atoms with Crippen molar-refractivity contribution in [3.63, 3.8) is 0 Å². The maximum absolute atomic E-state index is 13.2.